The Hall–Kier alpha value is -0.280. The van der Waals surface area contributed by atoms with E-state index in [2.05, 4.69) is 17.6 Å². The number of alkyl halides is 1. The molecule has 1 amide bonds. The Morgan fingerprint density at radius 2 is 2.27 bits per heavy atom. The van der Waals surface area contributed by atoms with Gasteiger partial charge in [0.2, 0.25) is 5.91 Å². The summed E-state index contributed by atoms with van der Waals surface area (Å²) in [6, 6.07) is 0.244. The Morgan fingerprint density at radius 1 is 1.60 bits per heavy atom. The third kappa shape index (κ3) is 3.35. The fourth-order valence-corrected chi connectivity index (χ4v) is 1.73. The van der Waals surface area contributed by atoms with Crippen molar-refractivity contribution in [1.82, 2.24) is 10.6 Å². The molecular formula is C11H21ClN2O. The Bertz CT molecular complexity index is 231. The quantitative estimate of drug-likeness (QED) is 0.722. The van der Waals surface area contributed by atoms with Crippen LogP contribution < -0.4 is 10.6 Å². The number of halogens is 1. The van der Waals surface area contributed by atoms with Gasteiger partial charge in [-0.05, 0) is 32.7 Å². The van der Waals surface area contributed by atoms with Crippen molar-refractivity contribution in [2.45, 2.75) is 33.2 Å². The minimum absolute atomic E-state index is 0.0538. The number of nitrogens with one attached hydrogen (secondary N) is 2. The van der Waals surface area contributed by atoms with Gasteiger partial charge in [-0.25, -0.2) is 0 Å². The van der Waals surface area contributed by atoms with E-state index >= 15 is 0 Å². The van der Waals surface area contributed by atoms with E-state index in [-0.39, 0.29) is 11.9 Å². The van der Waals surface area contributed by atoms with Crippen molar-refractivity contribution in [3.05, 3.63) is 0 Å². The first kappa shape index (κ1) is 12.8. The lowest BCUT2D eigenvalue weighted by Crippen LogP contribution is -2.53. The zero-order chi connectivity index (χ0) is 11.5. The highest BCUT2D eigenvalue weighted by Gasteiger charge is 2.30. The summed E-state index contributed by atoms with van der Waals surface area (Å²) >= 11 is 5.77. The van der Waals surface area contributed by atoms with Crippen LogP contribution in [0.5, 0.6) is 0 Å². The molecule has 0 radical (unpaired) electrons. The highest BCUT2D eigenvalue weighted by atomic mass is 35.5. The fraction of sp³-hybridized carbons (Fsp3) is 0.909. The topological polar surface area (TPSA) is 41.1 Å². The number of hydrogen-bond donors (Lipinski definition) is 2. The van der Waals surface area contributed by atoms with Gasteiger partial charge in [0.25, 0.3) is 0 Å². The minimum atomic E-state index is -0.473. The molecule has 0 spiro atoms. The molecule has 0 aromatic heterocycles. The second-order valence-corrected chi connectivity index (χ2v) is 5.33. The van der Waals surface area contributed by atoms with E-state index in [0.717, 1.165) is 19.5 Å². The van der Waals surface area contributed by atoms with Crippen LogP contribution in [0.15, 0.2) is 0 Å². The van der Waals surface area contributed by atoms with Crippen molar-refractivity contribution in [2.24, 2.45) is 11.3 Å². The Kier molecular flexibility index (Phi) is 4.41. The molecule has 0 aromatic rings. The predicted octanol–water partition coefficient (Wildman–Crippen LogP) is 1.37. The number of carbonyl (C=O) groups is 1. The van der Waals surface area contributed by atoms with E-state index in [1.165, 1.54) is 0 Å². The molecule has 0 aromatic carbocycles. The van der Waals surface area contributed by atoms with Gasteiger partial charge in [0, 0.05) is 18.5 Å². The Labute approximate surface area is 96.9 Å². The van der Waals surface area contributed by atoms with Crippen LogP contribution in [0.2, 0.25) is 0 Å². The van der Waals surface area contributed by atoms with Crippen molar-refractivity contribution in [2.75, 3.05) is 19.0 Å². The van der Waals surface area contributed by atoms with Crippen molar-refractivity contribution >= 4 is 17.5 Å². The van der Waals surface area contributed by atoms with Crippen molar-refractivity contribution in [3.8, 4) is 0 Å². The molecule has 1 saturated heterocycles. The molecule has 4 heteroatoms. The molecule has 2 unspecified atom stereocenters. The van der Waals surface area contributed by atoms with E-state index in [1.54, 1.807) is 0 Å². The SMILES string of the molecule is CC1CCNCC1NC(=O)C(C)(C)CCl. The fourth-order valence-electron chi connectivity index (χ4n) is 1.61. The van der Waals surface area contributed by atoms with E-state index in [0.29, 0.717) is 11.8 Å². The van der Waals surface area contributed by atoms with Crippen LogP contribution in [0.25, 0.3) is 0 Å². The number of rotatable bonds is 3. The van der Waals surface area contributed by atoms with Crippen molar-refractivity contribution < 1.29 is 4.79 Å². The number of amides is 1. The molecule has 88 valence electrons. The van der Waals surface area contributed by atoms with E-state index in [1.807, 2.05) is 13.8 Å². The highest BCUT2D eigenvalue weighted by molar-refractivity contribution is 6.19. The molecule has 3 nitrogen and oxygen atoms in total. The smallest absolute Gasteiger partial charge is 0.227 e. The molecule has 0 saturated carbocycles. The van der Waals surface area contributed by atoms with Crippen LogP contribution in [0.1, 0.15) is 27.2 Å². The largest absolute Gasteiger partial charge is 0.351 e. The highest BCUT2D eigenvalue weighted by Crippen LogP contribution is 2.19. The van der Waals surface area contributed by atoms with E-state index < -0.39 is 5.41 Å². The van der Waals surface area contributed by atoms with Crippen LogP contribution in [-0.2, 0) is 4.79 Å². The third-order valence-electron chi connectivity index (χ3n) is 3.09. The van der Waals surface area contributed by atoms with Gasteiger partial charge in [-0.2, -0.15) is 0 Å². The third-order valence-corrected chi connectivity index (χ3v) is 3.76. The molecule has 1 rings (SSSR count). The average molecular weight is 233 g/mol. The lowest BCUT2D eigenvalue weighted by atomic mass is 9.91. The van der Waals surface area contributed by atoms with Gasteiger partial charge in [-0.15, -0.1) is 11.6 Å². The van der Waals surface area contributed by atoms with Crippen LogP contribution in [0.3, 0.4) is 0 Å². The predicted molar refractivity (Wildman–Crippen MR) is 63.1 cm³/mol. The first-order valence-corrected chi connectivity index (χ1v) is 6.08. The number of hydrogen-bond acceptors (Lipinski definition) is 2. The van der Waals surface area contributed by atoms with Crippen molar-refractivity contribution in [1.29, 1.82) is 0 Å². The summed E-state index contributed by atoms with van der Waals surface area (Å²) in [6.07, 6.45) is 1.12. The molecule has 0 bridgehead atoms. The van der Waals surface area contributed by atoms with E-state index in [4.69, 9.17) is 11.6 Å². The first-order valence-electron chi connectivity index (χ1n) is 5.55. The summed E-state index contributed by atoms with van der Waals surface area (Å²) in [6.45, 7) is 7.84. The summed E-state index contributed by atoms with van der Waals surface area (Å²) in [5.74, 6) is 0.951. The van der Waals surface area contributed by atoms with Gasteiger partial charge < -0.3 is 10.6 Å². The van der Waals surface area contributed by atoms with Gasteiger partial charge >= 0.3 is 0 Å². The lowest BCUT2D eigenvalue weighted by Gasteiger charge is -2.33. The van der Waals surface area contributed by atoms with Crippen molar-refractivity contribution in [3.63, 3.8) is 0 Å². The second kappa shape index (κ2) is 5.17. The van der Waals surface area contributed by atoms with Gasteiger partial charge in [0.05, 0.1) is 5.41 Å². The van der Waals surface area contributed by atoms with Crippen LogP contribution in [-0.4, -0.2) is 30.9 Å². The Balaban J connectivity index is 2.50. The van der Waals surface area contributed by atoms with Crippen LogP contribution in [0.4, 0.5) is 0 Å². The van der Waals surface area contributed by atoms with Crippen LogP contribution in [0, 0.1) is 11.3 Å². The molecule has 1 heterocycles. The van der Waals surface area contributed by atoms with Gasteiger partial charge in [-0.1, -0.05) is 6.92 Å². The molecule has 15 heavy (non-hydrogen) atoms. The Morgan fingerprint density at radius 3 is 2.80 bits per heavy atom. The molecule has 1 aliphatic heterocycles. The molecule has 1 fully saturated rings. The molecule has 0 aliphatic carbocycles. The second-order valence-electron chi connectivity index (χ2n) is 5.07. The lowest BCUT2D eigenvalue weighted by molar-refractivity contribution is -0.129. The first-order chi connectivity index (χ1) is 6.97. The molecule has 1 aliphatic rings. The maximum absolute atomic E-state index is 11.9. The molecule has 2 N–H and O–H groups in total. The van der Waals surface area contributed by atoms with E-state index in [9.17, 15) is 4.79 Å². The van der Waals surface area contributed by atoms with Gasteiger partial charge in [0.15, 0.2) is 0 Å². The zero-order valence-corrected chi connectivity index (χ0v) is 10.5. The summed E-state index contributed by atoms with van der Waals surface area (Å²) in [4.78, 5) is 11.9. The van der Waals surface area contributed by atoms with Gasteiger partial charge in [0.1, 0.15) is 0 Å². The summed E-state index contributed by atoms with van der Waals surface area (Å²) < 4.78 is 0. The summed E-state index contributed by atoms with van der Waals surface area (Å²) in [5.41, 5.74) is -0.473. The molecular weight excluding hydrogens is 212 g/mol. The zero-order valence-electron chi connectivity index (χ0n) is 9.77. The standard InChI is InChI=1S/C11H21ClN2O/c1-8-4-5-13-6-9(8)14-10(15)11(2,3)7-12/h8-9,13H,4-7H2,1-3H3,(H,14,15). The molecule has 2 atom stereocenters. The number of carbonyl (C=O) groups excluding carboxylic acids is 1. The summed E-state index contributed by atoms with van der Waals surface area (Å²) in [7, 11) is 0. The van der Waals surface area contributed by atoms with Crippen LogP contribution >= 0.6 is 11.6 Å². The minimum Gasteiger partial charge on any atom is -0.351 e. The maximum atomic E-state index is 11.9. The maximum Gasteiger partial charge on any atom is 0.227 e. The monoisotopic (exact) mass is 232 g/mol. The van der Waals surface area contributed by atoms with Gasteiger partial charge in [-0.3, -0.25) is 4.79 Å². The number of piperidine rings is 1. The average Bonchev–Trinajstić information content (AvgIpc) is 2.21. The summed E-state index contributed by atoms with van der Waals surface area (Å²) in [5, 5.41) is 6.37. The normalized spacial score (nSPS) is 27.5.